The van der Waals surface area contributed by atoms with E-state index in [2.05, 4.69) is 74.4 Å². The van der Waals surface area contributed by atoms with Gasteiger partial charge in [-0.05, 0) is 56.5 Å². The van der Waals surface area contributed by atoms with Crippen molar-refractivity contribution in [3.05, 3.63) is 70.8 Å². The number of hydrogen-bond donors (Lipinski definition) is 0. The number of aryl methyl sites for hydroxylation is 1. The summed E-state index contributed by atoms with van der Waals surface area (Å²) in [5.74, 6) is 0.653. The summed E-state index contributed by atoms with van der Waals surface area (Å²) in [6, 6.07) is 18.5. The summed E-state index contributed by atoms with van der Waals surface area (Å²) in [4.78, 5) is 2.36. The molecule has 22 heavy (non-hydrogen) atoms. The highest BCUT2D eigenvalue weighted by Crippen LogP contribution is 2.43. The van der Waals surface area contributed by atoms with Crippen molar-refractivity contribution in [2.75, 3.05) is 14.1 Å². The van der Waals surface area contributed by atoms with Crippen LogP contribution in [0.4, 0.5) is 0 Å². The molecular formula is C21H29N. The molecule has 2 atom stereocenters. The van der Waals surface area contributed by atoms with Crippen molar-refractivity contribution < 1.29 is 0 Å². The highest BCUT2D eigenvalue weighted by Gasteiger charge is 2.31. The Morgan fingerprint density at radius 3 is 2.27 bits per heavy atom. The second-order valence-electron chi connectivity index (χ2n) is 6.23. The normalized spacial score (nSPS) is 19.5. The molecule has 0 saturated carbocycles. The van der Waals surface area contributed by atoms with E-state index in [0.717, 1.165) is 6.42 Å². The maximum Gasteiger partial charge on any atom is 0.0350 e. The fraction of sp³-hybridized carbons (Fsp3) is 0.429. The number of fused-ring (bicyclic) bond motifs is 1. The molecule has 0 spiro atoms. The number of nitrogens with zero attached hydrogens (tertiary/aromatic N) is 1. The first kappa shape index (κ1) is 16.8. The van der Waals surface area contributed by atoms with Crippen LogP contribution in [-0.2, 0) is 6.42 Å². The molecule has 0 amide bonds. The summed E-state index contributed by atoms with van der Waals surface area (Å²) in [5, 5.41) is 0. The van der Waals surface area contributed by atoms with Crippen molar-refractivity contribution in [1.82, 2.24) is 4.90 Å². The van der Waals surface area contributed by atoms with Crippen molar-refractivity contribution in [2.24, 2.45) is 0 Å². The quantitative estimate of drug-likeness (QED) is 0.737. The van der Waals surface area contributed by atoms with Gasteiger partial charge >= 0.3 is 0 Å². The first-order valence-corrected chi connectivity index (χ1v) is 8.46. The summed E-state index contributed by atoms with van der Waals surface area (Å²) in [5.41, 5.74) is 5.89. The van der Waals surface area contributed by atoms with Gasteiger partial charge in [0, 0.05) is 6.04 Å². The molecule has 0 radical (unpaired) electrons. The van der Waals surface area contributed by atoms with Gasteiger partial charge in [0.05, 0.1) is 0 Å². The Bertz CT molecular complexity index is 600. The molecule has 2 unspecified atom stereocenters. The topological polar surface area (TPSA) is 3.24 Å². The van der Waals surface area contributed by atoms with E-state index in [0.29, 0.717) is 12.0 Å². The largest absolute Gasteiger partial charge is 0.302 e. The zero-order chi connectivity index (χ0) is 16.1. The molecule has 1 nitrogen and oxygen atoms in total. The Hall–Kier alpha value is -1.60. The Kier molecular flexibility index (Phi) is 5.79. The van der Waals surface area contributed by atoms with Gasteiger partial charge in [0.25, 0.3) is 0 Å². The van der Waals surface area contributed by atoms with Crippen LogP contribution >= 0.6 is 0 Å². The van der Waals surface area contributed by atoms with Gasteiger partial charge in [0.1, 0.15) is 0 Å². The Morgan fingerprint density at radius 2 is 1.64 bits per heavy atom. The van der Waals surface area contributed by atoms with Crippen molar-refractivity contribution in [3.8, 4) is 0 Å². The Balaban J connectivity index is 0.000000847. The van der Waals surface area contributed by atoms with Gasteiger partial charge in [-0.25, -0.2) is 0 Å². The molecule has 1 heteroatoms. The highest BCUT2D eigenvalue weighted by molar-refractivity contribution is 5.39. The summed E-state index contributed by atoms with van der Waals surface area (Å²) in [7, 11) is 4.38. The molecule has 2 aromatic carbocycles. The summed E-state index contributed by atoms with van der Waals surface area (Å²) >= 11 is 0. The molecule has 0 bridgehead atoms. The number of rotatable bonds is 3. The number of hydrogen-bond acceptors (Lipinski definition) is 1. The van der Waals surface area contributed by atoms with Crippen LogP contribution in [0.2, 0.25) is 0 Å². The lowest BCUT2D eigenvalue weighted by Gasteiger charge is -2.20. The van der Waals surface area contributed by atoms with E-state index < -0.39 is 0 Å². The van der Waals surface area contributed by atoms with Gasteiger partial charge < -0.3 is 4.90 Å². The van der Waals surface area contributed by atoms with Gasteiger partial charge in [-0.2, -0.15) is 0 Å². The molecule has 0 aliphatic heterocycles. The second-order valence-corrected chi connectivity index (χ2v) is 6.23. The predicted molar refractivity (Wildman–Crippen MR) is 96.5 cm³/mol. The van der Waals surface area contributed by atoms with E-state index in [1.54, 1.807) is 5.56 Å². The van der Waals surface area contributed by atoms with Crippen molar-refractivity contribution in [1.29, 1.82) is 0 Å². The average molecular weight is 295 g/mol. The molecule has 1 aliphatic rings. The molecule has 3 rings (SSSR count). The third-order valence-corrected chi connectivity index (χ3v) is 4.49. The second kappa shape index (κ2) is 7.60. The summed E-state index contributed by atoms with van der Waals surface area (Å²) in [6.45, 7) is 6.18. The lowest BCUT2D eigenvalue weighted by atomic mass is 9.93. The lowest BCUT2D eigenvalue weighted by molar-refractivity contribution is 0.288. The fourth-order valence-corrected chi connectivity index (χ4v) is 3.52. The average Bonchev–Trinajstić information content (AvgIpc) is 2.89. The summed E-state index contributed by atoms with van der Waals surface area (Å²) in [6.07, 6.45) is 2.39. The van der Waals surface area contributed by atoms with Crippen LogP contribution in [0.15, 0.2) is 48.5 Å². The molecule has 2 aromatic rings. The van der Waals surface area contributed by atoms with E-state index in [1.807, 2.05) is 13.8 Å². The molecule has 1 aliphatic carbocycles. The zero-order valence-electron chi connectivity index (χ0n) is 14.6. The highest BCUT2D eigenvalue weighted by atomic mass is 15.1. The molecule has 0 N–H and O–H groups in total. The summed E-state index contributed by atoms with van der Waals surface area (Å²) < 4.78 is 0. The molecular weight excluding hydrogens is 266 g/mol. The van der Waals surface area contributed by atoms with Crippen molar-refractivity contribution >= 4 is 0 Å². The van der Waals surface area contributed by atoms with Crippen molar-refractivity contribution in [3.63, 3.8) is 0 Å². The van der Waals surface area contributed by atoms with Gasteiger partial charge in [-0.3, -0.25) is 0 Å². The van der Waals surface area contributed by atoms with Crippen LogP contribution in [-0.4, -0.2) is 19.0 Å². The van der Waals surface area contributed by atoms with Crippen LogP contribution in [0.1, 0.15) is 54.5 Å². The van der Waals surface area contributed by atoms with Gasteiger partial charge in [0.15, 0.2) is 0 Å². The van der Waals surface area contributed by atoms with Gasteiger partial charge in [-0.15, -0.1) is 0 Å². The van der Waals surface area contributed by atoms with E-state index >= 15 is 0 Å². The van der Waals surface area contributed by atoms with E-state index in [1.165, 1.54) is 23.1 Å². The fourth-order valence-electron chi connectivity index (χ4n) is 3.52. The minimum atomic E-state index is 0.570. The maximum absolute atomic E-state index is 2.36. The monoisotopic (exact) mass is 295 g/mol. The van der Waals surface area contributed by atoms with Crippen molar-refractivity contribution in [2.45, 2.75) is 45.6 Å². The predicted octanol–water partition coefficient (Wildman–Crippen LogP) is 5.35. The van der Waals surface area contributed by atoms with Gasteiger partial charge in [0.2, 0.25) is 0 Å². The number of benzene rings is 2. The minimum absolute atomic E-state index is 0.570. The molecule has 0 fully saturated rings. The smallest absolute Gasteiger partial charge is 0.0350 e. The lowest BCUT2D eigenvalue weighted by Crippen LogP contribution is -2.17. The minimum Gasteiger partial charge on any atom is -0.302 e. The molecule has 0 saturated heterocycles. The van der Waals surface area contributed by atoms with E-state index in [9.17, 15) is 0 Å². The standard InChI is InChI=1S/C19H23N.C2H6/c1-14-7-6-8-15(11-14)12-16-13-19(20(2)3)18-10-5-4-9-17(16)18;1-2/h4-11,16,19H,12-13H2,1-3H3;1-2H3. The van der Waals surface area contributed by atoms with Gasteiger partial charge in [-0.1, -0.05) is 67.9 Å². The van der Waals surface area contributed by atoms with Crippen LogP contribution < -0.4 is 0 Å². The maximum atomic E-state index is 2.36. The van der Waals surface area contributed by atoms with E-state index in [-0.39, 0.29) is 0 Å². The Morgan fingerprint density at radius 1 is 0.955 bits per heavy atom. The SMILES string of the molecule is CC.Cc1cccc(CC2CC(N(C)C)c3ccccc32)c1. The van der Waals surface area contributed by atoms with Crippen LogP contribution in [0.25, 0.3) is 0 Å². The first-order valence-electron chi connectivity index (χ1n) is 8.46. The zero-order valence-corrected chi connectivity index (χ0v) is 14.6. The first-order chi connectivity index (χ1) is 10.6. The van der Waals surface area contributed by atoms with Crippen LogP contribution in [0.3, 0.4) is 0 Å². The molecule has 118 valence electrons. The van der Waals surface area contributed by atoms with Crippen LogP contribution in [0.5, 0.6) is 0 Å². The molecule has 0 heterocycles. The Labute approximate surface area is 136 Å². The molecule has 0 aromatic heterocycles. The van der Waals surface area contributed by atoms with Crippen LogP contribution in [0, 0.1) is 6.92 Å². The third kappa shape index (κ3) is 3.59. The van der Waals surface area contributed by atoms with E-state index in [4.69, 9.17) is 0 Å². The third-order valence-electron chi connectivity index (χ3n) is 4.49.